The molecular weight excluding hydrogens is 238 g/mol. The van der Waals surface area contributed by atoms with E-state index in [4.69, 9.17) is 5.11 Å². The number of rotatable bonds is 4. The fourth-order valence-electron chi connectivity index (χ4n) is 2.37. The Hall–Kier alpha value is -2.29. The van der Waals surface area contributed by atoms with E-state index >= 15 is 0 Å². The summed E-state index contributed by atoms with van der Waals surface area (Å²) in [4.78, 5) is 10.9. The number of hydrogen-bond donors (Lipinski definition) is 2. The van der Waals surface area contributed by atoms with Crippen LogP contribution in [0.3, 0.4) is 0 Å². The van der Waals surface area contributed by atoms with E-state index in [-0.39, 0.29) is 12.0 Å². The van der Waals surface area contributed by atoms with Crippen LogP contribution in [0.1, 0.15) is 24.0 Å². The number of carbonyl (C=O) groups is 1. The second kappa shape index (κ2) is 6.05. The molecule has 0 aliphatic rings. The molecule has 0 spiro atoms. The molecule has 1 amide bonds. The van der Waals surface area contributed by atoms with Crippen molar-refractivity contribution in [2.45, 2.75) is 18.9 Å². The fraction of sp³-hybridized carbons (Fsp3) is 0.188. The normalized spacial score (nSPS) is 12.1. The van der Waals surface area contributed by atoms with Gasteiger partial charge in [0.2, 0.25) is 0 Å². The van der Waals surface area contributed by atoms with Gasteiger partial charge < -0.3 is 10.4 Å². The highest BCUT2D eigenvalue weighted by Crippen LogP contribution is 2.27. The van der Waals surface area contributed by atoms with E-state index in [0.717, 1.165) is 11.1 Å². The molecule has 0 saturated carbocycles. The minimum absolute atomic E-state index is 0.0125. The lowest BCUT2D eigenvalue weighted by Crippen LogP contribution is -2.36. The Balaban J connectivity index is 2.37. The molecule has 1 atom stereocenters. The van der Waals surface area contributed by atoms with Crippen LogP contribution in [0.25, 0.3) is 0 Å². The van der Waals surface area contributed by atoms with Crippen molar-refractivity contribution < 1.29 is 9.90 Å². The minimum Gasteiger partial charge on any atom is -0.465 e. The topological polar surface area (TPSA) is 49.3 Å². The third-order valence-electron chi connectivity index (χ3n) is 3.17. The molecule has 0 heterocycles. The Morgan fingerprint density at radius 2 is 1.37 bits per heavy atom. The molecule has 0 fully saturated rings. The molecule has 0 radical (unpaired) electrons. The first-order chi connectivity index (χ1) is 9.18. The molecule has 19 heavy (non-hydrogen) atoms. The van der Waals surface area contributed by atoms with Crippen LogP contribution in [0.4, 0.5) is 4.79 Å². The largest absolute Gasteiger partial charge is 0.465 e. The van der Waals surface area contributed by atoms with Gasteiger partial charge in [0.05, 0.1) is 0 Å². The molecule has 3 nitrogen and oxygen atoms in total. The first kappa shape index (κ1) is 13.1. The highest BCUT2D eigenvalue weighted by Gasteiger charge is 2.22. The maximum atomic E-state index is 10.9. The lowest BCUT2D eigenvalue weighted by Gasteiger charge is -2.25. The van der Waals surface area contributed by atoms with E-state index in [2.05, 4.69) is 5.32 Å². The fourth-order valence-corrected chi connectivity index (χ4v) is 2.37. The number of carboxylic acid groups (broad SMARTS) is 1. The molecule has 2 rings (SSSR count). The van der Waals surface area contributed by atoms with Gasteiger partial charge in [-0.15, -0.1) is 0 Å². The lowest BCUT2D eigenvalue weighted by molar-refractivity contribution is 0.189. The summed E-state index contributed by atoms with van der Waals surface area (Å²) in [6.07, 6.45) is -0.996. The van der Waals surface area contributed by atoms with E-state index in [1.54, 1.807) is 0 Å². The van der Waals surface area contributed by atoms with Crippen molar-refractivity contribution in [3.8, 4) is 0 Å². The first-order valence-electron chi connectivity index (χ1n) is 6.28. The van der Waals surface area contributed by atoms with Gasteiger partial charge in [0.25, 0.3) is 0 Å². The van der Waals surface area contributed by atoms with Crippen LogP contribution in [-0.4, -0.2) is 17.2 Å². The van der Waals surface area contributed by atoms with Crippen molar-refractivity contribution in [2.24, 2.45) is 0 Å². The Kier molecular flexibility index (Phi) is 4.18. The molecule has 2 aromatic rings. The van der Waals surface area contributed by atoms with Crippen molar-refractivity contribution in [2.75, 3.05) is 0 Å². The van der Waals surface area contributed by atoms with Gasteiger partial charge in [-0.3, -0.25) is 0 Å². The maximum Gasteiger partial charge on any atom is 0.404 e. The van der Waals surface area contributed by atoms with Crippen LogP contribution in [-0.2, 0) is 0 Å². The van der Waals surface area contributed by atoms with Crippen LogP contribution < -0.4 is 5.32 Å². The molecule has 98 valence electrons. The molecule has 3 heteroatoms. The van der Waals surface area contributed by atoms with E-state index < -0.39 is 6.09 Å². The van der Waals surface area contributed by atoms with Crippen LogP contribution in [0, 0.1) is 0 Å². The van der Waals surface area contributed by atoms with Crippen LogP contribution in [0.5, 0.6) is 0 Å². The Morgan fingerprint density at radius 1 is 0.947 bits per heavy atom. The van der Waals surface area contributed by atoms with Gasteiger partial charge in [-0.05, 0) is 18.1 Å². The Morgan fingerprint density at radius 3 is 1.74 bits per heavy atom. The number of benzene rings is 2. The van der Waals surface area contributed by atoms with E-state index in [9.17, 15) is 4.79 Å². The van der Waals surface area contributed by atoms with Gasteiger partial charge in [-0.2, -0.15) is 0 Å². The highest BCUT2D eigenvalue weighted by molar-refractivity contribution is 5.65. The Labute approximate surface area is 112 Å². The number of amides is 1. The molecule has 0 aliphatic carbocycles. The van der Waals surface area contributed by atoms with Gasteiger partial charge in [0.15, 0.2) is 0 Å². The third-order valence-corrected chi connectivity index (χ3v) is 3.17. The van der Waals surface area contributed by atoms with E-state index in [0.29, 0.717) is 0 Å². The molecule has 0 bridgehead atoms. The Bertz CT molecular complexity index is 485. The zero-order valence-electron chi connectivity index (χ0n) is 10.8. The van der Waals surface area contributed by atoms with Gasteiger partial charge in [-0.1, -0.05) is 60.7 Å². The lowest BCUT2D eigenvalue weighted by atomic mass is 9.86. The van der Waals surface area contributed by atoms with Crippen molar-refractivity contribution in [3.05, 3.63) is 71.8 Å². The SMILES string of the molecule is CC(NC(=O)O)C(c1ccccc1)c1ccccc1. The van der Waals surface area contributed by atoms with Crippen molar-refractivity contribution in [3.63, 3.8) is 0 Å². The maximum absolute atomic E-state index is 10.9. The van der Waals surface area contributed by atoms with Gasteiger partial charge in [0.1, 0.15) is 0 Å². The smallest absolute Gasteiger partial charge is 0.404 e. The number of nitrogens with one attached hydrogen (secondary N) is 1. The van der Waals surface area contributed by atoms with Crippen LogP contribution in [0.15, 0.2) is 60.7 Å². The van der Waals surface area contributed by atoms with Crippen LogP contribution >= 0.6 is 0 Å². The zero-order valence-corrected chi connectivity index (χ0v) is 10.8. The summed E-state index contributed by atoms with van der Waals surface area (Å²) >= 11 is 0. The summed E-state index contributed by atoms with van der Waals surface area (Å²) < 4.78 is 0. The molecule has 0 aliphatic heterocycles. The summed E-state index contributed by atoms with van der Waals surface area (Å²) in [5, 5.41) is 11.5. The second-order valence-corrected chi connectivity index (χ2v) is 4.54. The highest BCUT2D eigenvalue weighted by atomic mass is 16.4. The summed E-state index contributed by atoms with van der Waals surface area (Å²) in [5.41, 5.74) is 2.21. The molecule has 2 N–H and O–H groups in total. The van der Waals surface area contributed by atoms with Crippen LogP contribution in [0.2, 0.25) is 0 Å². The predicted octanol–water partition coefficient (Wildman–Crippen LogP) is 3.47. The third kappa shape index (κ3) is 3.35. The quantitative estimate of drug-likeness (QED) is 0.878. The standard InChI is InChI=1S/C16H17NO2/c1-12(17-16(18)19)15(13-8-4-2-5-9-13)14-10-6-3-7-11-14/h2-12,15,17H,1H3,(H,18,19). The molecule has 1 unspecified atom stereocenters. The number of hydrogen-bond acceptors (Lipinski definition) is 1. The molecule has 2 aromatic carbocycles. The summed E-state index contributed by atoms with van der Waals surface area (Å²) in [5.74, 6) is 0.0125. The average molecular weight is 255 g/mol. The predicted molar refractivity (Wildman–Crippen MR) is 75.3 cm³/mol. The first-order valence-corrected chi connectivity index (χ1v) is 6.28. The molecule has 0 saturated heterocycles. The molecule has 0 aromatic heterocycles. The van der Waals surface area contributed by atoms with Crippen molar-refractivity contribution in [1.82, 2.24) is 5.32 Å². The van der Waals surface area contributed by atoms with Crippen molar-refractivity contribution >= 4 is 6.09 Å². The van der Waals surface area contributed by atoms with Gasteiger partial charge in [-0.25, -0.2) is 4.79 Å². The second-order valence-electron chi connectivity index (χ2n) is 4.54. The zero-order chi connectivity index (χ0) is 13.7. The average Bonchev–Trinajstić information content (AvgIpc) is 2.40. The van der Waals surface area contributed by atoms with Crippen molar-refractivity contribution in [1.29, 1.82) is 0 Å². The monoisotopic (exact) mass is 255 g/mol. The minimum atomic E-state index is -0.996. The summed E-state index contributed by atoms with van der Waals surface area (Å²) in [6, 6.07) is 19.7. The van der Waals surface area contributed by atoms with E-state index in [1.165, 1.54) is 0 Å². The van der Waals surface area contributed by atoms with Gasteiger partial charge in [0, 0.05) is 12.0 Å². The summed E-state index contributed by atoms with van der Waals surface area (Å²) in [7, 11) is 0. The molecular formula is C16H17NO2. The van der Waals surface area contributed by atoms with E-state index in [1.807, 2.05) is 67.6 Å². The summed E-state index contributed by atoms with van der Waals surface area (Å²) in [6.45, 7) is 1.89. The van der Waals surface area contributed by atoms with Gasteiger partial charge >= 0.3 is 6.09 Å².